The van der Waals surface area contributed by atoms with Crippen molar-refractivity contribution in [3.05, 3.63) is 35.9 Å². The highest BCUT2D eigenvalue weighted by Gasteiger charge is 2.54. The van der Waals surface area contributed by atoms with Gasteiger partial charge in [0.15, 0.2) is 0 Å². The molecule has 0 N–H and O–H groups in total. The van der Waals surface area contributed by atoms with E-state index < -0.39 is 5.54 Å². The Morgan fingerprint density at radius 3 is 2.84 bits per heavy atom. The number of amides is 1. The van der Waals surface area contributed by atoms with Crippen molar-refractivity contribution in [3.63, 3.8) is 0 Å². The minimum Gasteiger partial charge on any atom is -0.459 e. The molecule has 0 spiro atoms. The second kappa shape index (κ2) is 4.68. The van der Waals surface area contributed by atoms with Gasteiger partial charge >= 0.3 is 5.97 Å². The number of ether oxygens (including phenoxy) is 1. The van der Waals surface area contributed by atoms with Crippen molar-refractivity contribution in [3.8, 4) is 0 Å². The largest absolute Gasteiger partial charge is 0.459 e. The summed E-state index contributed by atoms with van der Waals surface area (Å²) in [4.78, 5) is 25.8. The van der Waals surface area contributed by atoms with Crippen LogP contribution in [0.15, 0.2) is 30.3 Å². The molecule has 0 radical (unpaired) electrons. The van der Waals surface area contributed by atoms with Crippen LogP contribution in [0.4, 0.5) is 0 Å². The molecule has 4 heteroatoms. The number of nitrogens with zero attached hydrogens (tertiary/aromatic N) is 1. The Labute approximate surface area is 112 Å². The Kier molecular flexibility index (Phi) is 3.01. The number of benzene rings is 1. The zero-order valence-corrected chi connectivity index (χ0v) is 10.8. The molecule has 1 amide bonds. The molecule has 1 atom stereocenters. The Hall–Kier alpha value is -1.84. The predicted molar refractivity (Wildman–Crippen MR) is 69.2 cm³/mol. The number of fused-ring (bicyclic) bond motifs is 1. The van der Waals surface area contributed by atoms with E-state index in [4.69, 9.17) is 4.74 Å². The minimum absolute atomic E-state index is 0.0918. The molecule has 2 heterocycles. The molecular formula is C15H17NO3. The molecule has 0 bridgehead atoms. The van der Waals surface area contributed by atoms with Crippen molar-refractivity contribution >= 4 is 11.9 Å². The van der Waals surface area contributed by atoms with Gasteiger partial charge in [0, 0.05) is 13.0 Å². The maximum absolute atomic E-state index is 12.4. The third-order valence-electron chi connectivity index (χ3n) is 4.13. The van der Waals surface area contributed by atoms with Gasteiger partial charge in [0.2, 0.25) is 5.91 Å². The lowest BCUT2D eigenvalue weighted by Gasteiger charge is -2.29. The second-order valence-corrected chi connectivity index (χ2v) is 5.24. The van der Waals surface area contributed by atoms with E-state index in [1.54, 1.807) is 4.90 Å². The topological polar surface area (TPSA) is 46.6 Å². The van der Waals surface area contributed by atoms with Gasteiger partial charge in [-0.05, 0) is 24.8 Å². The van der Waals surface area contributed by atoms with Crippen LogP contribution < -0.4 is 0 Å². The van der Waals surface area contributed by atoms with Gasteiger partial charge in [0.1, 0.15) is 12.1 Å². The van der Waals surface area contributed by atoms with Crippen LogP contribution in [-0.4, -0.2) is 28.9 Å². The molecule has 2 aliphatic rings. The van der Waals surface area contributed by atoms with Crippen molar-refractivity contribution in [1.29, 1.82) is 0 Å². The van der Waals surface area contributed by atoms with Crippen LogP contribution in [0.1, 0.15) is 31.2 Å². The van der Waals surface area contributed by atoms with Crippen LogP contribution in [0.5, 0.6) is 0 Å². The average Bonchev–Trinajstić information content (AvgIpc) is 3.00. The fraction of sp³-hybridized carbons (Fsp3) is 0.467. The highest BCUT2D eigenvalue weighted by Crippen LogP contribution is 2.40. The fourth-order valence-electron chi connectivity index (χ4n) is 3.12. The molecule has 2 fully saturated rings. The molecule has 2 aliphatic heterocycles. The Morgan fingerprint density at radius 1 is 1.26 bits per heavy atom. The summed E-state index contributed by atoms with van der Waals surface area (Å²) in [6, 6.07) is 9.62. The third kappa shape index (κ3) is 2.01. The molecule has 0 saturated carbocycles. The average molecular weight is 259 g/mol. The van der Waals surface area contributed by atoms with Crippen molar-refractivity contribution < 1.29 is 14.3 Å². The first-order valence-corrected chi connectivity index (χ1v) is 6.74. The monoisotopic (exact) mass is 259 g/mol. The lowest BCUT2D eigenvalue weighted by Crippen LogP contribution is -2.48. The molecule has 4 nitrogen and oxygen atoms in total. The molecule has 1 aromatic rings. The van der Waals surface area contributed by atoms with Gasteiger partial charge in [-0.2, -0.15) is 0 Å². The third-order valence-corrected chi connectivity index (χ3v) is 4.13. The molecular weight excluding hydrogens is 242 g/mol. The van der Waals surface area contributed by atoms with Gasteiger partial charge in [0.05, 0.1) is 0 Å². The highest BCUT2D eigenvalue weighted by molar-refractivity contribution is 5.92. The summed E-state index contributed by atoms with van der Waals surface area (Å²) in [5.74, 6) is -0.145. The van der Waals surface area contributed by atoms with Gasteiger partial charge in [-0.25, -0.2) is 4.79 Å². The number of hydrogen-bond donors (Lipinski definition) is 0. The summed E-state index contributed by atoms with van der Waals surface area (Å²) in [6.07, 6.45) is 2.72. The van der Waals surface area contributed by atoms with Gasteiger partial charge in [-0.3, -0.25) is 4.79 Å². The van der Waals surface area contributed by atoms with Crippen molar-refractivity contribution in [2.24, 2.45) is 0 Å². The van der Waals surface area contributed by atoms with E-state index in [0.29, 0.717) is 19.4 Å². The Bertz CT molecular complexity index is 499. The predicted octanol–water partition coefficient (Wildman–Crippen LogP) is 1.88. The van der Waals surface area contributed by atoms with Gasteiger partial charge in [-0.1, -0.05) is 30.3 Å². The Balaban J connectivity index is 1.69. The molecule has 100 valence electrons. The first kappa shape index (κ1) is 12.2. The molecule has 0 aliphatic carbocycles. The van der Waals surface area contributed by atoms with Crippen LogP contribution in [0, 0.1) is 0 Å². The normalized spacial score (nSPS) is 25.5. The summed E-state index contributed by atoms with van der Waals surface area (Å²) in [6.45, 7) is 0.975. The van der Waals surface area contributed by atoms with E-state index in [1.807, 2.05) is 30.3 Å². The molecule has 0 unspecified atom stereocenters. The van der Waals surface area contributed by atoms with E-state index in [1.165, 1.54) is 0 Å². The van der Waals surface area contributed by atoms with E-state index >= 15 is 0 Å². The zero-order chi connectivity index (χ0) is 13.3. The first-order chi connectivity index (χ1) is 9.22. The van der Waals surface area contributed by atoms with Gasteiger partial charge in [-0.15, -0.1) is 0 Å². The van der Waals surface area contributed by atoms with E-state index in [9.17, 15) is 9.59 Å². The van der Waals surface area contributed by atoms with Crippen molar-refractivity contribution in [2.75, 3.05) is 6.54 Å². The van der Waals surface area contributed by atoms with Crippen LogP contribution in [-0.2, 0) is 20.9 Å². The number of hydrogen-bond acceptors (Lipinski definition) is 3. The van der Waals surface area contributed by atoms with E-state index in [2.05, 4.69) is 0 Å². The molecule has 1 aromatic carbocycles. The molecule has 19 heavy (non-hydrogen) atoms. The van der Waals surface area contributed by atoms with Crippen LogP contribution in [0.3, 0.4) is 0 Å². The lowest BCUT2D eigenvalue weighted by atomic mass is 9.94. The fourth-order valence-corrected chi connectivity index (χ4v) is 3.12. The van der Waals surface area contributed by atoms with Crippen LogP contribution in [0.25, 0.3) is 0 Å². The maximum Gasteiger partial charge on any atom is 0.332 e. The molecule has 2 saturated heterocycles. The molecule has 0 aromatic heterocycles. The lowest BCUT2D eigenvalue weighted by molar-refractivity contribution is -0.159. The first-order valence-electron chi connectivity index (χ1n) is 6.74. The van der Waals surface area contributed by atoms with Gasteiger partial charge < -0.3 is 9.64 Å². The highest BCUT2D eigenvalue weighted by atomic mass is 16.5. The zero-order valence-electron chi connectivity index (χ0n) is 10.8. The summed E-state index contributed by atoms with van der Waals surface area (Å²) >= 11 is 0. The smallest absolute Gasteiger partial charge is 0.332 e. The summed E-state index contributed by atoms with van der Waals surface area (Å²) in [5.41, 5.74) is 0.312. The van der Waals surface area contributed by atoms with E-state index in [0.717, 1.165) is 18.4 Å². The maximum atomic E-state index is 12.4. The number of carbonyl (C=O) groups excluding carboxylic acids is 2. The minimum atomic E-state index is -0.661. The summed E-state index contributed by atoms with van der Waals surface area (Å²) in [7, 11) is 0. The second-order valence-electron chi connectivity index (χ2n) is 5.24. The SMILES string of the molecule is O=C1CC[C@@]2(C(=O)OCc3ccccc3)CCCN12. The van der Waals surface area contributed by atoms with Gasteiger partial charge in [0.25, 0.3) is 0 Å². The summed E-state index contributed by atoms with van der Waals surface area (Å²) in [5, 5.41) is 0. The quantitative estimate of drug-likeness (QED) is 0.779. The number of esters is 1. The van der Waals surface area contributed by atoms with Crippen molar-refractivity contribution in [1.82, 2.24) is 4.90 Å². The van der Waals surface area contributed by atoms with Crippen molar-refractivity contribution in [2.45, 2.75) is 37.8 Å². The van der Waals surface area contributed by atoms with Crippen LogP contribution in [0.2, 0.25) is 0 Å². The van der Waals surface area contributed by atoms with Crippen LogP contribution >= 0.6 is 0 Å². The summed E-state index contributed by atoms with van der Waals surface area (Å²) < 4.78 is 5.43. The number of carbonyl (C=O) groups is 2. The molecule has 3 rings (SSSR count). The number of rotatable bonds is 3. The standard InChI is InChI=1S/C15H17NO3/c17-13-7-9-15(8-4-10-16(13)15)14(18)19-11-12-5-2-1-3-6-12/h1-3,5-6H,4,7-11H2/t15-/m1/s1. The Morgan fingerprint density at radius 2 is 2.05 bits per heavy atom. The van der Waals surface area contributed by atoms with E-state index in [-0.39, 0.29) is 18.5 Å².